The molecule has 0 saturated carbocycles. The number of nitrogens with one attached hydrogen (secondary N) is 1. The van der Waals surface area contributed by atoms with Gasteiger partial charge in [-0.1, -0.05) is 42.5 Å². The summed E-state index contributed by atoms with van der Waals surface area (Å²) >= 11 is 0. The second-order valence-corrected chi connectivity index (χ2v) is 4.54. The average Bonchev–Trinajstić information content (AvgIpc) is 2.46. The van der Waals surface area contributed by atoms with Crippen molar-refractivity contribution in [3.63, 3.8) is 0 Å². The Balaban J connectivity index is 2.01. The van der Waals surface area contributed by atoms with Gasteiger partial charge in [0.15, 0.2) is 0 Å². The second kappa shape index (κ2) is 6.70. The van der Waals surface area contributed by atoms with Crippen molar-refractivity contribution in [1.29, 1.82) is 0 Å². The van der Waals surface area contributed by atoms with Crippen LogP contribution in [-0.2, 0) is 11.2 Å². The molecule has 0 spiro atoms. The van der Waals surface area contributed by atoms with Gasteiger partial charge in [-0.3, -0.25) is 0 Å². The number of halogens is 1. The van der Waals surface area contributed by atoms with Crippen molar-refractivity contribution in [2.24, 2.45) is 0 Å². The first-order valence-corrected chi connectivity index (χ1v) is 6.44. The minimum Gasteiger partial charge on any atom is -0.480 e. The summed E-state index contributed by atoms with van der Waals surface area (Å²) in [5.41, 5.74) is 1.28. The van der Waals surface area contributed by atoms with E-state index in [1.165, 1.54) is 12.1 Å². The number of para-hydroxylation sites is 1. The molecule has 104 valence electrons. The Hall–Kier alpha value is -2.36. The fourth-order valence-corrected chi connectivity index (χ4v) is 1.98. The van der Waals surface area contributed by atoms with Crippen molar-refractivity contribution in [1.82, 2.24) is 0 Å². The number of carboxylic acid groups (broad SMARTS) is 1. The van der Waals surface area contributed by atoms with Crippen LogP contribution in [0, 0.1) is 5.82 Å². The lowest BCUT2D eigenvalue weighted by atomic mass is 10.0. The third-order valence-corrected chi connectivity index (χ3v) is 3.07. The summed E-state index contributed by atoms with van der Waals surface area (Å²) in [6, 6.07) is 14.9. The summed E-state index contributed by atoms with van der Waals surface area (Å²) in [6.45, 7) is 0. The number of hydrogen-bond acceptors (Lipinski definition) is 2. The van der Waals surface area contributed by atoms with Crippen LogP contribution >= 0.6 is 0 Å². The molecule has 4 heteroatoms. The van der Waals surface area contributed by atoms with Crippen LogP contribution in [0.5, 0.6) is 0 Å². The summed E-state index contributed by atoms with van der Waals surface area (Å²) in [6.07, 6.45) is 1.02. The molecule has 0 fully saturated rings. The molecular weight excluding hydrogens is 257 g/mol. The van der Waals surface area contributed by atoms with Crippen molar-refractivity contribution >= 4 is 11.7 Å². The zero-order valence-corrected chi connectivity index (χ0v) is 10.9. The molecule has 0 aliphatic carbocycles. The molecule has 0 aromatic heterocycles. The molecule has 0 bridgehead atoms. The highest BCUT2D eigenvalue weighted by Gasteiger charge is 2.18. The normalized spacial score (nSPS) is 11.8. The molecule has 2 N–H and O–H groups in total. The van der Waals surface area contributed by atoms with E-state index in [-0.39, 0.29) is 5.69 Å². The lowest BCUT2D eigenvalue weighted by Gasteiger charge is -2.16. The highest BCUT2D eigenvalue weighted by Crippen LogP contribution is 2.16. The Kier molecular flexibility index (Phi) is 4.71. The lowest BCUT2D eigenvalue weighted by Crippen LogP contribution is -2.30. The van der Waals surface area contributed by atoms with Gasteiger partial charge in [0.25, 0.3) is 0 Å². The maximum Gasteiger partial charge on any atom is 0.326 e. The average molecular weight is 273 g/mol. The van der Waals surface area contributed by atoms with E-state index >= 15 is 0 Å². The van der Waals surface area contributed by atoms with Crippen LogP contribution in [0.2, 0.25) is 0 Å². The van der Waals surface area contributed by atoms with Gasteiger partial charge in [0.05, 0.1) is 5.69 Å². The van der Waals surface area contributed by atoms with Gasteiger partial charge in [-0.2, -0.15) is 0 Å². The number of anilines is 1. The first-order chi connectivity index (χ1) is 9.66. The topological polar surface area (TPSA) is 49.3 Å². The molecule has 0 amide bonds. The zero-order valence-electron chi connectivity index (χ0n) is 10.9. The highest BCUT2D eigenvalue weighted by atomic mass is 19.1. The molecule has 0 saturated heterocycles. The van der Waals surface area contributed by atoms with E-state index in [1.807, 2.05) is 30.3 Å². The molecule has 0 aliphatic heterocycles. The van der Waals surface area contributed by atoms with E-state index in [0.29, 0.717) is 12.8 Å². The predicted molar refractivity (Wildman–Crippen MR) is 76.2 cm³/mol. The second-order valence-electron chi connectivity index (χ2n) is 4.54. The van der Waals surface area contributed by atoms with Crippen LogP contribution in [0.1, 0.15) is 12.0 Å². The summed E-state index contributed by atoms with van der Waals surface area (Å²) in [7, 11) is 0. The first-order valence-electron chi connectivity index (χ1n) is 6.44. The smallest absolute Gasteiger partial charge is 0.326 e. The number of benzene rings is 2. The monoisotopic (exact) mass is 273 g/mol. The minimum absolute atomic E-state index is 0.216. The Morgan fingerprint density at radius 3 is 2.40 bits per heavy atom. The maximum atomic E-state index is 13.5. The molecule has 0 aliphatic rings. The van der Waals surface area contributed by atoms with Gasteiger partial charge >= 0.3 is 5.97 Å². The standard InChI is InChI=1S/C16H16FNO2/c17-13-8-4-5-9-14(13)18-15(16(19)20)11-10-12-6-2-1-3-7-12/h1-9,15,18H,10-11H2,(H,19,20). The largest absolute Gasteiger partial charge is 0.480 e. The molecule has 2 aromatic carbocycles. The maximum absolute atomic E-state index is 13.5. The van der Waals surface area contributed by atoms with Crippen molar-refractivity contribution in [3.05, 3.63) is 66.0 Å². The van der Waals surface area contributed by atoms with E-state index in [1.54, 1.807) is 12.1 Å². The SMILES string of the molecule is O=C(O)C(CCc1ccccc1)Nc1ccccc1F. The summed E-state index contributed by atoms with van der Waals surface area (Å²) in [5.74, 6) is -1.43. The number of aliphatic carboxylic acids is 1. The van der Waals surface area contributed by atoms with E-state index in [4.69, 9.17) is 0 Å². The van der Waals surface area contributed by atoms with Crippen LogP contribution in [0.3, 0.4) is 0 Å². The summed E-state index contributed by atoms with van der Waals surface area (Å²) in [4.78, 5) is 11.3. The Labute approximate surface area is 117 Å². The lowest BCUT2D eigenvalue weighted by molar-refractivity contribution is -0.138. The van der Waals surface area contributed by atoms with Crippen molar-refractivity contribution < 1.29 is 14.3 Å². The molecule has 2 aromatic rings. The van der Waals surface area contributed by atoms with Gasteiger partial charge in [-0.05, 0) is 30.5 Å². The highest BCUT2D eigenvalue weighted by molar-refractivity contribution is 5.77. The molecule has 1 atom stereocenters. The van der Waals surface area contributed by atoms with Crippen LogP contribution in [0.4, 0.5) is 10.1 Å². The van der Waals surface area contributed by atoms with Crippen LogP contribution < -0.4 is 5.32 Å². The van der Waals surface area contributed by atoms with Gasteiger partial charge in [-0.15, -0.1) is 0 Å². The number of carbonyl (C=O) groups is 1. The molecule has 0 radical (unpaired) electrons. The molecule has 3 nitrogen and oxygen atoms in total. The van der Waals surface area contributed by atoms with Crippen molar-refractivity contribution in [2.75, 3.05) is 5.32 Å². The van der Waals surface area contributed by atoms with Gasteiger partial charge in [0.1, 0.15) is 11.9 Å². The molecular formula is C16H16FNO2. The minimum atomic E-state index is -0.982. The van der Waals surface area contributed by atoms with Crippen LogP contribution in [-0.4, -0.2) is 17.1 Å². The van der Waals surface area contributed by atoms with Gasteiger partial charge in [0.2, 0.25) is 0 Å². The molecule has 20 heavy (non-hydrogen) atoms. The van der Waals surface area contributed by atoms with E-state index in [0.717, 1.165) is 5.56 Å². The van der Waals surface area contributed by atoms with Gasteiger partial charge in [0, 0.05) is 0 Å². The number of rotatable bonds is 6. The van der Waals surface area contributed by atoms with Gasteiger partial charge in [-0.25, -0.2) is 9.18 Å². The third-order valence-electron chi connectivity index (χ3n) is 3.07. The number of aryl methyl sites for hydroxylation is 1. The molecule has 2 rings (SSSR count). The number of hydrogen-bond donors (Lipinski definition) is 2. The van der Waals surface area contributed by atoms with Crippen molar-refractivity contribution in [2.45, 2.75) is 18.9 Å². The van der Waals surface area contributed by atoms with Crippen LogP contribution in [0.15, 0.2) is 54.6 Å². The summed E-state index contributed by atoms with van der Waals surface area (Å²) in [5, 5.41) is 12.0. The van der Waals surface area contributed by atoms with Crippen LogP contribution in [0.25, 0.3) is 0 Å². The Morgan fingerprint density at radius 1 is 1.10 bits per heavy atom. The molecule has 1 unspecified atom stereocenters. The fourth-order valence-electron chi connectivity index (χ4n) is 1.98. The van der Waals surface area contributed by atoms with E-state index in [9.17, 15) is 14.3 Å². The van der Waals surface area contributed by atoms with E-state index in [2.05, 4.69) is 5.32 Å². The predicted octanol–water partition coefficient (Wildman–Crippen LogP) is 3.32. The van der Waals surface area contributed by atoms with Crippen molar-refractivity contribution in [3.8, 4) is 0 Å². The Morgan fingerprint density at radius 2 is 1.75 bits per heavy atom. The number of carboxylic acids is 1. The van der Waals surface area contributed by atoms with E-state index < -0.39 is 17.8 Å². The zero-order chi connectivity index (χ0) is 14.4. The fraction of sp³-hybridized carbons (Fsp3) is 0.188. The third kappa shape index (κ3) is 3.82. The summed E-state index contributed by atoms with van der Waals surface area (Å²) < 4.78 is 13.5. The molecule has 0 heterocycles. The van der Waals surface area contributed by atoms with Gasteiger partial charge < -0.3 is 10.4 Å². The Bertz CT molecular complexity index is 572. The first kappa shape index (κ1) is 14.1. The quantitative estimate of drug-likeness (QED) is 0.848.